The Morgan fingerprint density at radius 2 is 2.30 bits per heavy atom. The summed E-state index contributed by atoms with van der Waals surface area (Å²) in [7, 11) is 0. The lowest BCUT2D eigenvalue weighted by Gasteiger charge is -1.96. The summed E-state index contributed by atoms with van der Waals surface area (Å²) in [6, 6.07) is 9.71. The number of para-hydroxylation sites is 1. The topological polar surface area (TPSA) is 27.7 Å². The highest BCUT2D eigenvalue weighted by Crippen LogP contribution is 2.07. The second-order valence-corrected chi connectivity index (χ2v) is 1.60. The minimum absolute atomic E-state index is 0.441. The molecule has 53 valence electrons. The zero-order valence-electron chi connectivity index (χ0n) is 4.98. The van der Waals surface area contributed by atoms with Gasteiger partial charge in [0, 0.05) is 19.0 Å². The predicted octanol–water partition coefficient (Wildman–Crippen LogP) is 1.57. The Balaban J connectivity index is 2.43. The Bertz CT molecular complexity index is 178. The average molecular weight is 157 g/mol. The molecule has 1 radical (unpaired) electrons. The highest BCUT2D eigenvalue weighted by Gasteiger charge is 1.90. The molecule has 0 unspecified atom stereocenters. The quantitative estimate of drug-likeness (QED) is 0.312. The van der Waals surface area contributed by atoms with E-state index in [4.69, 9.17) is 0 Å². The summed E-state index contributed by atoms with van der Waals surface area (Å²) in [4.78, 5) is 4.50. The highest BCUT2D eigenvalue weighted by atomic mass is 32.1. The molecule has 0 atom stereocenters. The van der Waals surface area contributed by atoms with Gasteiger partial charge in [-0.25, -0.2) is 0 Å². The van der Waals surface area contributed by atoms with Crippen LogP contribution in [-0.4, -0.2) is 0 Å². The molecule has 0 spiro atoms. The van der Waals surface area contributed by atoms with Crippen LogP contribution in [0.15, 0.2) is 24.3 Å². The van der Waals surface area contributed by atoms with Crippen LogP contribution >= 0.6 is 12.9 Å². The van der Waals surface area contributed by atoms with Crippen LogP contribution in [0, 0.1) is 6.07 Å². The number of rotatable bonds is 3. The summed E-state index contributed by atoms with van der Waals surface area (Å²) in [5.41, 5.74) is 0. The molecular weight excluding hydrogens is 152 g/mol. The standard InChI is InChI=1S/C6H5O3S/c10-9-8-7-6-4-2-1-3-5-6/h1-4,10H. The molecule has 0 amide bonds. The van der Waals surface area contributed by atoms with Crippen LogP contribution in [0.3, 0.4) is 0 Å². The number of thiol groups is 1. The van der Waals surface area contributed by atoms with Gasteiger partial charge in [0.1, 0.15) is 0 Å². The first-order chi connectivity index (χ1) is 4.93. The zero-order chi connectivity index (χ0) is 7.23. The molecule has 0 aliphatic rings. The number of hydrogen-bond donors (Lipinski definition) is 1. The third kappa shape index (κ3) is 2.26. The molecule has 1 rings (SSSR count). The first kappa shape index (κ1) is 7.40. The predicted molar refractivity (Wildman–Crippen MR) is 37.1 cm³/mol. The molecule has 0 aliphatic carbocycles. The van der Waals surface area contributed by atoms with Crippen molar-refractivity contribution in [3.8, 4) is 5.75 Å². The van der Waals surface area contributed by atoms with Gasteiger partial charge >= 0.3 is 0 Å². The summed E-state index contributed by atoms with van der Waals surface area (Å²) in [5.74, 6) is 0.441. The second kappa shape index (κ2) is 4.16. The molecular formula is C6H5O3S. The van der Waals surface area contributed by atoms with Crippen molar-refractivity contribution in [3.63, 3.8) is 0 Å². The van der Waals surface area contributed by atoms with Crippen LogP contribution in [0.4, 0.5) is 0 Å². The smallest absolute Gasteiger partial charge is 0.176 e. The van der Waals surface area contributed by atoms with Crippen molar-refractivity contribution in [2.45, 2.75) is 0 Å². The van der Waals surface area contributed by atoms with Gasteiger partial charge in [-0.2, -0.15) is 0 Å². The Morgan fingerprint density at radius 1 is 1.40 bits per heavy atom. The molecule has 0 saturated heterocycles. The fraction of sp³-hybridized carbons (Fsp3) is 0. The Morgan fingerprint density at radius 3 is 2.90 bits per heavy atom. The summed E-state index contributed by atoms with van der Waals surface area (Å²) in [5, 5.41) is 4.05. The van der Waals surface area contributed by atoms with Crippen LogP contribution in [0.25, 0.3) is 0 Å². The van der Waals surface area contributed by atoms with Gasteiger partial charge in [-0.05, 0) is 11.1 Å². The highest BCUT2D eigenvalue weighted by molar-refractivity contribution is 7.74. The summed E-state index contributed by atoms with van der Waals surface area (Å²) < 4.78 is 3.90. The van der Waals surface area contributed by atoms with E-state index in [1.165, 1.54) is 0 Å². The number of benzene rings is 1. The Labute approximate surface area is 64.0 Å². The summed E-state index contributed by atoms with van der Waals surface area (Å²) in [6.07, 6.45) is 0. The van der Waals surface area contributed by atoms with Gasteiger partial charge in [0.2, 0.25) is 0 Å². The molecule has 0 heterocycles. The van der Waals surface area contributed by atoms with E-state index in [9.17, 15) is 0 Å². The Kier molecular flexibility index (Phi) is 3.08. The van der Waals surface area contributed by atoms with E-state index in [2.05, 4.69) is 33.2 Å². The monoisotopic (exact) mass is 157 g/mol. The molecule has 10 heavy (non-hydrogen) atoms. The van der Waals surface area contributed by atoms with E-state index in [1.54, 1.807) is 18.2 Å². The van der Waals surface area contributed by atoms with Crippen molar-refractivity contribution >= 4 is 12.9 Å². The maximum absolute atomic E-state index is 4.50. The fourth-order valence-corrected chi connectivity index (χ4v) is 0.511. The lowest BCUT2D eigenvalue weighted by atomic mass is 10.3. The van der Waals surface area contributed by atoms with Crippen LogP contribution < -0.4 is 4.89 Å². The molecule has 0 saturated carbocycles. The lowest BCUT2D eigenvalue weighted by Crippen LogP contribution is -1.91. The van der Waals surface area contributed by atoms with E-state index in [1.807, 2.05) is 6.07 Å². The van der Waals surface area contributed by atoms with Gasteiger partial charge < -0.3 is 4.89 Å². The fourth-order valence-electron chi connectivity index (χ4n) is 0.481. The van der Waals surface area contributed by atoms with Crippen molar-refractivity contribution in [1.82, 2.24) is 0 Å². The van der Waals surface area contributed by atoms with Crippen LogP contribution in [-0.2, 0) is 9.37 Å². The third-order valence-electron chi connectivity index (χ3n) is 0.835. The van der Waals surface area contributed by atoms with Gasteiger partial charge in [0.05, 0.1) is 0 Å². The van der Waals surface area contributed by atoms with E-state index in [-0.39, 0.29) is 0 Å². The second-order valence-electron chi connectivity index (χ2n) is 1.45. The SMILES string of the molecule is SOOOc1[c]cccc1. The van der Waals surface area contributed by atoms with E-state index in [0.29, 0.717) is 5.75 Å². The lowest BCUT2D eigenvalue weighted by molar-refractivity contribution is -0.402. The van der Waals surface area contributed by atoms with E-state index < -0.39 is 0 Å². The summed E-state index contributed by atoms with van der Waals surface area (Å²) in [6.45, 7) is 0. The van der Waals surface area contributed by atoms with Crippen LogP contribution in [0.1, 0.15) is 0 Å². The van der Waals surface area contributed by atoms with Crippen molar-refractivity contribution in [1.29, 1.82) is 0 Å². The molecule has 3 nitrogen and oxygen atoms in total. The van der Waals surface area contributed by atoms with Crippen molar-refractivity contribution < 1.29 is 14.3 Å². The minimum Gasteiger partial charge on any atom is -0.307 e. The maximum Gasteiger partial charge on any atom is 0.176 e. The zero-order valence-corrected chi connectivity index (χ0v) is 5.88. The number of hydrogen-bond acceptors (Lipinski definition) is 4. The van der Waals surface area contributed by atoms with Crippen molar-refractivity contribution in [2.24, 2.45) is 0 Å². The van der Waals surface area contributed by atoms with Crippen LogP contribution in [0.2, 0.25) is 0 Å². The van der Waals surface area contributed by atoms with Crippen LogP contribution in [0.5, 0.6) is 5.75 Å². The average Bonchev–Trinajstić information content (AvgIpc) is 2.03. The molecule has 0 aliphatic heterocycles. The molecule has 0 fully saturated rings. The third-order valence-corrected chi connectivity index (χ3v) is 0.896. The first-order valence-electron chi connectivity index (χ1n) is 2.55. The molecule has 0 N–H and O–H groups in total. The Hall–Kier alpha value is -0.710. The largest absolute Gasteiger partial charge is 0.307 e. The van der Waals surface area contributed by atoms with Gasteiger partial charge in [-0.1, -0.05) is 18.2 Å². The molecule has 0 aromatic heterocycles. The van der Waals surface area contributed by atoms with Crippen molar-refractivity contribution in [2.75, 3.05) is 0 Å². The van der Waals surface area contributed by atoms with Gasteiger partial charge in [-0.3, -0.25) is 0 Å². The van der Waals surface area contributed by atoms with Crippen molar-refractivity contribution in [3.05, 3.63) is 30.3 Å². The molecule has 1 aromatic carbocycles. The maximum atomic E-state index is 4.50. The molecule has 0 bridgehead atoms. The molecule has 4 heteroatoms. The molecule has 1 aromatic rings. The first-order valence-corrected chi connectivity index (χ1v) is 2.91. The van der Waals surface area contributed by atoms with E-state index >= 15 is 0 Å². The van der Waals surface area contributed by atoms with Gasteiger partial charge in [0.15, 0.2) is 5.75 Å². The van der Waals surface area contributed by atoms with E-state index in [0.717, 1.165) is 0 Å². The summed E-state index contributed by atoms with van der Waals surface area (Å²) >= 11 is 3.29. The van der Waals surface area contributed by atoms with Gasteiger partial charge in [-0.15, -0.1) is 4.33 Å². The minimum atomic E-state index is 0.441. The normalized spacial score (nSPS) is 9.30. The van der Waals surface area contributed by atoms with Gasteiger partial charge in [0.25, 0.3) is 0 Å².